The Morgan fingerprint density at radius 3 is 0.500 bits per heavy atom. The van der Waals surface area contributed by atoms with Crippen LogP contribution in [0.1, 0.15) is 0 Å². The van der Waals surface area contributed by atoms with Crippen molar-refractivity contribution in [2.24, 2.45) is 0 Å². The number of hydrogen-bond acceptors (Lipinski definition) is 0. The first-order valence-corrected chi connectivity index (χ1v) is 0. The standard InChI is InChI=1S/4H2O.Pb.Ru.2H/h4*1H2;;;;. The Morgan fingerprint density at radius 1 is 0.500 bits per heavy atom. The van der Waals surface area contributed by atoms with Gasteiger partial charge in [0.1, 0.15) is 0 Å². The molecule has 0 aromatic rings. The molecule has 0 heterocycles. The van der Waals surface area contributed by atoms with E-state index >= 15 is 0 Å². The molecule has 0 fully saturated rings. The molecule has 0 amide bonds. The summed E-state index contributed by atoms with van der Waals surface area (Å²) in [6, 6.07) is 0. The molecule has 2 radical (unpaired) electrons. The quantitative estimate of drug-likeness (QED) is 0.377. The van der Waals surface area contributed by atoms with Gasteiger partial charge in [0.25, 0.3) is 0 Å². The van der Waals surface area contributed by atoms with E-state index in [1.807, 2.05) is 0 Å². The molecule has 0 spiro atoms. The molecular formula is H10O4PbRu. The van der Waals surface area contributed by atoms with Crippen LogP contribution < -0.4 is 0 Å². The van der Waals surface area contributed by atoms with E-state index in [1.165, 1.54) is 0 Å². The zero-order valence-electron chi connectivity index (χ0n) is 3.06. The van der Waals surface area contributed by atoms with Gasteiger partial charge in [-0.15, -0.1) is 0 Å². The van der Waals surface area contributed by atoms with Gasteiger partial charge in [0, 0.05) is 19.5 Å². The second-order valence-electron chi connectivity index (χ2n) is 0. The first-order valence-electron chi connectivity index (χ1n) is 0. The first-order chi connectivity index (χ1) is 0. The summed E-state index contributed by atoms with van der Waals surface area (Å²) >= 11 is 0. The third-order valence-corrected chi connectivity index (χ3v) is 0. The Hall–Kier alpha value is 1.39. The summed E-state index contributed by atoms with van der Waals surface area (Å²) in [5.41, 5.74) is 0. The molecule has 46 valence electrons. The molecule has 6 heavy (non-hydrogen) atoms. The third kappa shape index (κ3) is 54.0. The van der Waals surface area contributed by atoms with E-state index < -0.39 is 0 Å². The van der Waals surface area contributed by atoms with Crippen LogP contribution in [0.2, 0.25) is 0 Å². The van der Waals surface area contributed by atoms with E-state index in [0.29, 0.717) is 0 Å². The minimum Gasteiger partial charge on any atom is 0 e. The average molecular weight is 382 g/mol. The fourth-order valence-electron chi connectivity index (χ4n) is 0. The fourth-order valence-corrected chi connectivity index (χ4v) is 0. The number of rotatable bonds is 0. The second kappa shape index (κ2) is 96.5. The van der Waals surface area contributed by atoms with E-state index in [0.717, 1.165) is 0 Å². The molecular weight excluding hydrogens is 372 g/mol. The summed E-state index contributed by atoms with van der Waals surface area (Å²) < 4.78 is 0. The van der Waals surface area contributed by atoms with Gasteiger partial charge < -0.3 is 21.9 Å². The van der Waals surface area contributed by atoms with Crippen LogP contribution in [0.15, 0.2) is 0 Å². The Kier molecular flexibility index (Phi) is 2520. The van der Waals surface area contributed by atoms with Crippen LogP contribution in [0, 0.1) is 0 Å². The summed E-state index contributed by atoms with van der Waals surface area (Å²) in [4.78, 5) is 0. The van der Waals surface area contributed by atoms with Crippen molar-refractivity contribution in [1.82, 2.24) is 0 Å². The van der Waals surface area contributed by atoms with Crippen LogP contribution in [0.5, 0.6) is 0 Å². The van der Waals surface area contributed by atoms with Crippen molar-refractivity contribution in [3.05, 3.63) is 0 Å². The summed E-state index contributed by atoms with van der Waals surface area (Å²) in [5.74, 6) is 0. The molecule has 0 aliphatic heterocycles. The van der Waals surface area contributed by atoms with Crippen molar-refractivity contribution >= 4 is 27.3 Å². The first kappa shape index (κ1) is 157. The van der Waals surface area contributed by atoms with Crippen molar-refractivity contribution in [3.63, 3.8) is 0 Å². The third-order valence-electron chi connectivity index (χ3n) is 0. The Morgan fingerprint density at radius 2 is 0.500 bits per heavy atom. The van der Waals surface area contributed by atoms with Crippen LogP contribution in [0.4, 0.5) is 0 Å². The van der Waals surface area contributed by atoms with Crippen molar-refractivity contribution in [3.8, 4) is 0 Å². The molecule has 0 bridgehead atoms. The van der Waals surface area contributed by atoms with E-state index in [4.69, 9.17) is 0 Å². The maximum Gasteiger partial charge on any atom is 0 e. The normalized spacial score (nSPS) is 0. The van der Waals surface area contributed by atoms with Gasteiger partial charge in [-0.25, -0.2) is 0 Å². The van der Waals surface area contributed by atoms with Gasteiger partial charge in [0.2, 0.25) is 0 Å². The smallest absolute Gasteiger partial charge is 0 e. The molecule has 0 aliphatic carbocycles. The van der Waals surface area contributed by atoms with Crippen molar-refractivity contribution in [2.45, 2.75) is 0 Å². The van der Waals surface area contributed by atoms with E-state index in [2.05, 4.69) is 0 Å². The molecule has 0 unspecified atom stereocenters. The zero-order valence-corrected chi connectivity index (χ0v) is 10.3. The van der Waals surface area contributed by atoms with Crippen LogP contribution in [0.3, 0.4) is 0 Å². The monoisotopic (exact) mass is 384 g/mol. The molecule has 4 nitrogen and oxygen atoms in total. The topological polar surface area (TPSA) is 126 Å². The van der Waals surface area contributed by atoms with E-state index in [1.54, 1.807) is 0 Å². The summed E-state index contributed by atoms with van der Waals surface area (Å²) in [6.07, 6.45) is 0. The summed E-state index contributed by atoms with van der Waals surface area (Å²) in [7, 11) is 0. The molecule has 0 aromatic heterocycles. The Bertz CT molecular complexity index is 7.51. The van der Waals surface area contributed by atoms with Gasteiger partial charge >= 0.3 is 27.3 Å². The molecule has 0 atom stereocenters. The largest absolute Gasteiger partial charge is 0 e. The number of hydrogen-bond donors (Lipinski definition) is 0. The van der Waals surface area contributed by atoms with Crippen LogP contribution >= 0.6 is 0 Å². The fraction of sp³-hybridized carbons (Fsp3) is 0. The Balaban J connectivity index is 0. The van der Waals surface area contributed by atoms with Crippen LogP contribution in [0.25, 0.3) is 0 Å². The molecule has 8 N–H and O–H groups in total. The molecule has 6 heteroatoms. The van der Waals surface area contributed by atoms with Crippen molar-refractivity contribution in [1.29, 1.82) is 0 Å². The predicted octanol–water partition coefficient (Wildman–Crippen LogP) is -4.22. The van der Waals surface area contributed by atoms with Gasteiger partial charge in [-0.2, -0.15) is 0 Å². The van der Waals surface area contributed by atoms with Crippen molar-refractivity contribution < 1.29 is 41.4 Å². The minimum absolute atomic E-state index is 0. The summed E-state index contributed by atoms with van der Waals surface area (Å²) in [5, 5.41) is 0. The van der Waals surface area contributed by atoms with E-state index in [9.17, 15) is 0 Å². The molecule has 0 aromatic carbocycles. The van der Waals surface area contributed by atoms with Crippen molar-refractivity contribution in [2.75, 3.05) is 0 Å². The molecule has 0 saturated heterocycles. The maximum atomic E-state index is 0. The second-order valence-corrected chi connectivity index (χ2v) is 0. The SMILES string of the molecule is O.O.O.O.[PbH2].[Ru]. The zero-order chi connectivity index (χ0) is 0. The van der Waals surface area contributed by atoms with Gasteiger partial charge in [-0.05, 0) is 0 Å². The maximum absolute atomic E-state index is 0. The van der Waals surface area contributed by atoms with Gasteiger partial charge in [0.15, 0.2) is 0 Å². The van der Waals surface area contributed by atoms with Crippen LogP contribution in [-0.4, -0.2) is 49.2 Å². The molecule has 0 rings (SSSR count). The van der Waals surface area contributed by atoms with Gasteiger partial charge in [-0.3, -0.25) is 0 Å². The van der Waals surface area contributed by atoms with Gasteiger partial charge in [-0.1, -0.05) is 0 Å². The minimum atomic E-state index is 0. The average Bonchev–Trinajstić information content (AvgIpc) is 0. The molecule has 0 saturated carbocycles. The van der Waals surface area contributed by atoms with Gasteiger partial charge in [0.05, 0.1) is 0 Å². The summed E-state index contributed by atoms with van der Waals surface area (Å²) in [6.45, 7) is 0. The predicted molar refractivity (Wildman–Crippen MR) is 23.0 cm³/mol. The van der Waals surface area contributed by atoms with Crippen LogP contribution in [-0.2, 0) is 19.5 Å². The molecule has 0 aliphatic rings. The Labute approximate surface area is 68.5 Å². The van der Waals surface area contributed by atoms with E-state index in [-0.39, 0.29) is 68.7 Å².